The summed E-state index contributed by atoms with van der Waals surface area (Å²) in [6.07, 6.45) is 0.586. The van der Waals surface area contributed by atoms with Crippen molar-refractivity contribution in [2.75, 3.05) is 32.6 Å². The first-order chi connectivity index (χ1) is 16.4. The molecule has 0 saturated heterocycles. The average molecular weight is 456 g/mol. The highest BCUT2D eigenvalue weighted by Gasteiger charge is 2.21. The number of fused-ring (bicyclic) bond motifs is 1. The molecule has 1 unspecified atom stereocenters. The van der Waals surface area contributed by atoms with Gasteiger partial charge in [0.25, 0.3) is 0 Å². The van der Waals surface area contributed by atoms with Gasteiger partial charge in [0.2, 0.25) is 0 Å². The third-order valence-corrected chi connectivity index (χ3v) is 5.84. The molecule has 34 heavy (non-hydrogen) atoms. The summed E-state index contributed by atoms with van der Waals surface area (Å²) in [5.41, 5.74) is 5.13. The number of benzene rings is 2. The van der Waals surface area contributed by atoms with Crippen LogP contribution >= 0.6 is 0 Å². The van der Waals surface area contributed by atoms with Crippen LogP contribution in [0.25, 0.3) is 16.6 Å². The Morgan fingerprint density at radius 1 is 1.09 bits per heavy atom. The summed E-state index contributed by atoms with van der Waals surface area (Å²) in [4.78, 5) is 1.92. The van der Waals surface area contributed by atoms with Crippen molar-refractivity contribution in [1.29, 1.82) is 5.26 Å². The Balaban J connectivity index is 1.79. The van der Waals surface area contributed by atoms with E-state index in [4.69, 9.17) is 15.1 Å². The second-order valence-corrected chi connectivity index (χ2v) is 8.42. The lowest BCUT2D eigenvalue weighted by molar-refractivity contribution is 0.194. The molecule has 8 heteroatoms. The number of nitriles is 1. The molecule has 0 spiro atoms. The molecule has 1 atom stereocenters. The zero-order valence-electron chi connectivity index (χ0n) is 20.2. The zero-order chi connectivity index (χ0) is 24.2. The molecular formula is C26H29N7O. The zero-order valence-corrected chi connectivity index (χ0v) is 20.2. The molecule has 4 rings (SSSR count). The lowest BCUT2D eigenvalue weighted by Crippen LogP contribution is -2.17. The van der Waals surface area contributed by atoms with Crippen LogP contribution < -0.4 is 15.0 Å². The van der Waals surface area contributed by atoms with Crippen molar-refractivity contribution in [3.63, 3.8) is 0 Å². The molecule has 0 amide bonds. The van der Waals surface area contributed by atoms with Crippen molar-refractivity contribution >= 4 is 16.7 Å². The van der Waals surface area contributed by atoms with Gasteiger partial charge in [-0.2, -0.15) is 15.5 Å². The fraction of sp³-hybridized carbons (Fsp3) is 0.308. The number of para-hydroxylation sites is 2. The van der Waals surface area contributed by atoms with Crippen LogP contribution in [0.1, 0.15) is 35.0 Å². The number of rotatable bonds is 8. The predicted octanol–water partition coefficient (Wildman–Crippen LogP) is 4.10. The van der Waals surface area contributed by atoms with Gasteiger partial charge in [0.05, 0.1) is 28.4 Å². The van der Waals surface area contributed by atoms with E-state index in [0.717, 1.165) is 58.1 Å². The Hall–Kier alpha value is -3.96. The third-order valence-electron chi connectivity index (χ3n) is 5.84. The monoisotopic (exact) mass is 455 g/mol. The Bertz CT molecular complexity index is 1340. The smallest absolute Gasteiger partial charge is 0.179 e. The number of hydrogen-bond donors (Lipinski definition) is 1. The number of aromatic nitrogens is 4. The highest BCUT2D eigenvalue weighted by Crippen LogP contribution is 2.34. The standard InChI is InChI=1S/C26H29N7O/c1-17-24-18(2)33(31-25(24)26(30-29-17)32(4)5)21-8-6-7-9-23(21)34-22(14-15-28-3)20-12-10-19(16-27)11-13-20/h6-13,22,28H,14-15H2,1-5H3. The minimum absolute atomic E-state index is 0.186. The van der Waals surface area contributed by atoms with Crippen LogP contribution in [0.5, 0.6) is 5.75 Å². The highest BCUT2D eigenvalue weighted by molar-refractivity contribution is 5.92. The van der Waals surface area contributed by atoms with E-state index in [2.05, 4.69) is 21.6 Å². The van der Waals surface area contributed by atoms with Crippen molar-refractivity contribution in [1.82, 2.24) is 25.3 Å². The fourth-order valence-corrected chi connectivity index (χ4v) is 4.07. The van der Waals surface area contributed by atoms with Gasteiger partial charge in [0.15, 0.2) is 5.82 Å². The van der Waals surface area contributed by atoms with Gasteiger partial charge in [0, 0.05) is 20.5 Å². The minimum atomic E-state index is -0.186. The second kappa shape index (κ2) is 9.89. The van der Waals surface area contributed by atoms with Crippen LogP contribution in [0.3, 0.4) is 0 Å². The highest BCUT2D eigenvalue weighted by atomic mass is 16.5. The largest absolute Gasteiger partial charge is 0.483 e. The number of ether oxygens (including phenoxy) is 1. The fourth-order valence-electron chi connectivity index (χ4n) is 4.07. The van der Waals surface area contributed by atoms with Crippen molar-refractivity contribution in [3.05, 3.63) is 71.0 Å². The molecule has 174 valence electrons. The Labute approximate surface area is 199 Å². The number of nitrogens with one attached hydrogen (secondary N) is 1. The van der Waals surface area contributed by atoms with E-state index < -0.39 is 0 Å². The van der Waals surface area contributed by atoms with Gasteiger partial charge in [-0.05, 0) is 57.3 Å². The maximum absolute atomic E-state index is 9.15. The third kappa shape index (κ3) is 4.43. The average Bonchev–Trinajstić information content (AvgIpc) is 3.19. The molecule has 2 heterocycles. The van der Waals surface area contributed by atoms with Crippen molar-refractivity contribution in [2.45, 2.75) is 26.4 Å². The van der Waals surface area contributed by atoms with Crippen LogP contribution in [0, 0.1) is 25.2 Å². The van der Waals surface area contributed by atoms with Gasteiger partial charge < -0.3 is 15.0 Å². The van der Waals surface area contributed by atoms with Crippen LogP contribution in [0.4, 0.5) is 5.82 Å². The summed E-state index contributed by atoms with van der Waals surface area (Å²) in [7, 11) is 5.80. The lowest BCUT2D eigenvalue weighted by Gasteiger charge is -2.22. The van der Waals surface area contributed by atoms with Gasteiger partial charge in [-0.3, -0.25) is 0 Å². The van der Waals surface area contributed by atoms with Gasteiger partial charge in [-0.15, -0.1) is 5.10 Å². The maximum Gasteiger partial charge on any atom is 0.179 e. The molecule has 0 fully saturated rings. The van der Waals surface area contributed by atoms with Gasteiger partial charge in [-0.1, -0.05) is 24.3 Å². The van der Waals surface area contributed by atoms with E-state index in [-0.39, 0.29) is 6.10 Å². The molecule has 0 aliphatic heterocycles. The summed E-state index contributed by atoms with van der Waals surface area (Å²) in [6.45, 7) is 4.79. The molecule has 4 aromatic rings. The summed E-state index contributed by atoms with van der Waals surface area (Å²) in [6, 6.07) is 17.7. The molecule has 0 saturated carbocycles. The number of aryl methyl sites for hydroxylation is 2. The summed E-state index contributed by atoms with van der Waals surface area (Å²) in [5.74, 6) is 1.46. The van der Waals surface area contributed by atoms with E-state index in [1.807, 2.05) is 93.1 Å². The van der Waals surface area contributed by atoms with E-state index in [1.165, 1.54) is 0 Å². The molecule has 0 aliphatic carbocycles. The van der Waals surface area contributed by atoms with Crippen LogP contribution in [-0.4, -0.2) is 47.7 Å². The van der Waals surface area contributed by atoms with Crippen molar-refractivity contribution in [3.8, 4) is 17.5 Å². The molecule has 0 bridgehead atoms. The number of nitrogens with zero attached hydrogens (tertiary/aromatic N) is 6. The molecule has 0 radical (unpaired) electrons. The molecule has 2 aromatic heterocycles. The number of anilines is 1. The summed E-state index contributed by atoms with van der Waals surface area (Å²) < 4.78 is 8.51. The van der Waals surface area contributed by atoms with Crippen LogP contribution in [-0.2, 0) is 0 Å². The van der Waals surface area contributed by atoms with E-state index in [1.54, 1.807) is 0 Å². The molecule has 1 N–H and O–H groups in total. The van der Waals surface area contributed by atoms with E-state index in [9.17, 15) is 0 Å². The normalized spacial score (nSPS) is 11.9. The van der Waals surface area contributed by atoms with Crippen molar-refractivity contribution < 1.29 is 4.74 Å². The Morgan fingerprint density at radius 3 is 2.50 bits per heavy atom. The van der Waals surface area contributed by atoms with Crippen molar-refractivity contribution in [2.24, 2.45) is 0 Å². The first-order valence-corrected chi connectivity index (χ1v) is 11.2. The molecular weight excluding hydrogens is 426 g/mol. The lowest BCUT2D eigenvalue weighted by atomic mass is 10.0. The van der Waals surface area contributed by atoms with E-state index >= 15 is 0 Å². The maximum atomic E-state index is 9.15. The molecule has 8 nitrogen and oxygen atoms in total. The first kappa shape index (κ1) is 23.2. The summed E-state index contributed by atoms with van der Waals surface area (Å²) in [5, 5.41) is 27.0. The van der Waals surface area contributed by atoms with Crippen LogP contribution in [0.2, 0.25) is 0 Å². The van der Waals surface area contributed by atoms with E-state index in [0.29, 0.717) is 5.56 Å². The molecule has 2 aromatic carbocycles. The quantitative estimate of drug-likeness (QED) is 0.428. The topological polar surface area (TPSA) is 91.9 Å². The number of hydrogen-bond acceptors (Lipinski definition) is 7. The van der Waals surface area contributed by atoms with Crippen LogP contribution in [0.15, 0.2) is 48.5 Å². The first-order valence-electron chi connectivity index (χ1n) is 11.2. The molecule has 0 aliphatic rings. The van der Waals surface area contributed by atoms with Gasteiger partial charge >= 0.3 is 0 Å². The minimum Gasteiger partial charge on any atom is -0.483 e. The van der Waals surface area contributed by atoms with Gasteiger partial charge in [0.1, 0.15) is 23.1 Å². The Morgan fingerprint density at radius 2 is 1.82 bits per heavy atom. The summed E-state index contributed by atoms with van der Waals surface area (Å²) >= 11 is 0. The predicted molar refractivity (Wildman–Crippen MR) is 134 cm³/mol. The van der Waals surface area contributed by atoms with Gasteiger partial charge in [-0.25, -0.2) is 4.68 Å². The second-order valence-electron chi connectivity index (χ2n) is 8.42. The SMILES string of the molecule is CNCCC(Oc1ccccc1-n1nc2c(N(C)C)nnc(C)c2c1C)c1ccc(C#N)cc1. The Kier molecular flexibility index (Phi) is 6.75.